The van der Waals surface area contributed by atoms with Crippen LogP contribution in [-0.2, 0) is 0 Å². The normalized spacial score (nSPS) is 51.5. The summed E-state index contributed by atoms with van der Waals surface area (Å²) in [6.45, 7) is 2.68. The zero-order valence-electron chi connectivity index (χ0n) is 11.0. The number of hydrogen-bond acceptors (Lipinski definition) is 1. The maximum absolute atomic E-state index is 3.84. The average molecular weight is 233 g/mol. The van der Waals surface area contributed by atoms with Gasteiger partial charge in [0.2, 0.25) is 0 Å². The Kier molecular flexibility index (Phi) is 2.72. The summed E-state index contributed by atoms with van der Waals surface area (Å²) in [6, 6.07) is 0. The first kappa shape index (κ1) is 10.8. The van der Waals surface area contributed by atoms with Gasteiger partial charge in [-0.2, -0.15) is 0 Å². The van der Waals surface area contributed by atoms with E-state index in [1.807, 2.05) is 0 Å². The van der Waals surface area contributed by atoms with E-state index in [1.165, 1.54) is 13.1 Å². The Labute approximate surface area is 106 Å². The van der Waals surface area contributed by atoms with Gasteiger partial charge in [0.05, 0.1) is 0 Å². The van der Waals surface area contributed by atoms with Crippen LogP contribution < -0.4 is 5.32 Å². The molecular weight excluding hydrogens is 206 g/mol. The van der Waals surface area contributed by atoms with Gasteiger partial charge < -0.3 is 5.32 Å². The van der Waals surface area contributed by atoms with E-state index in [2.05, 4.69) is 5.32 Å². The molecule has 96 valence electrons. The van der Waals surface area contributed by atoms with Gasteiger partial charge in [0, 0.05) is 0 Å². The highest BCUT2D eigenvalue weighted by molar-refractivity contribution is 4.93. The van der Waals surface area contributed by atoms with Crippen LogP contribution in [0, 0.1) is 35.5 Å². The average Bonchev–Trinajstić information content (AvgIpc) is 3.09. The van der Waals surface area contributed by atoms with Gasteiger partial charge in [0.25, 0.3) is 0 Å². The molecule has 6 atom stereocenters. The molecule has 1 heteroatoms. The van der Waals surface area contributed by atoms with E-state index in [9.17, 15) is 0 Å². The van der Waals surface area contributed by atoms with Crippen LogP contribution in [0.15, 0.2) is 0 Å². The molecule has 0 aromatic heterocycles. The van der Waals surface area contributed by atoms with Gasteiger partial charge in [0.15, 0.2) is 0 Å². The van der Waals surface area contributed by atoms with Crippen molar-refractivity contribution in [3.05, 3.63) is 0 Å². The van der Waals surface area contributed by atoms with Gasteiger partial charge in [-0.3, -0.25) is 0 Å². The molecule has 1 N–H and O–H groups in total. The number of fused-ring (bicyclic) bond motifs is 4. The van der Waals surface area contributed by atoms with Gasteiger partial charge in [-0.25, -0.2) is 0 Å². The first-order valence-corrected chi connectivity index (χ1v) is 8.09. The van der Waals surface area contributed by atoms with E-state index in [1.54, 1.807) is 51.4 Å². The monoisotopic (exact) mass is 233 g/mol. The Balaban J connectivity index is 1.22. The van der Waals surface area contributed by atoms with Crippen LogP contribution in [0.2, 0.25) is 0 Å². The molecule has 4 fully saturated rings. The van der Waals surface area contributed by atoms with Crippen molar-refractivity contribution in [3.8, 4) is 0 Å². The zero-order valence-corrected chi connectivity index (χ0v) is 11.0. The van der Waals surface area contributed by atoms with Crippen LogP contribution in [0.4, 0.5) is 0 Å². The molecule has 0 aromatic rings. The topological polar surface area (TPSA) is 12.0 Å². The van der Waals surface area contributed by atoms with Gasteiger partial charge >= 0.3 is 0 Å². The fraction of sp³-hybridized carbons (Fsp3) is 1.00. The molecule has 1 nitrogen and oxygen atoms in total. The molecule has 4 aliphatic carbocycles. The molecule has 0 aromatic carbocycles. The van der Waals surface area contributed by atoms with E-state index >= 15 is 0 Å². The summed E-state index contributed by atoms with van der Waals surface area (Å²) < 4.78 is 0. The van der Waals surface area contributed by atoms with Crippen molar-refractivity contribution >= 4 is 0 Å². The fourth-order valence-electron chi connectivity index (χ4n) is 5.71. The molecular formula is C16H27N. The summed E-state index contributed by atoms with van der Waals surface area (Å²) in [7, 11) is 0. The molecule has 4 aliphatic rings. The van der Waals surface area contributed by atoms with E-state index in [0.29, 0.717) is 0 Å². The second-order valence-electron chi connectivity index (χ2n) is 7.53. The molecule has 0 aliphatic heterocycles. The lowest BCUT2D eigenvalue weighted by Crippen LogP contribution is -2.32. The minimum absolute atomic E-state index is 1.05. The minimum Gasteiger partial charge on any atom is -0.316 e. The maximum atomic E-state index is 3.84. The number of rotatable bonds is 4. The van der Waals surface area contributed by atoms with Gasteiger partial charge in [-0.05, 0) is 87.1 Å². The molecule has 0 amide bonds. The second kappa shape index (κ2) is 4.26. The molecule has 4 bridgehead atoms. The van der Waals surface area contributed by atoms with E-state index in [4.69, 9.17) is 0 Å². The smallest absolute Gasteiger partial charge is 0.00176 e. The van der Waals surface area contributed by atoms with Crippen LogP contribution >= 0.6 is 0 Å². The van der Waals surface area contributed by atoms with Crippen LogP contribution in [0.3, 0.4) is 0 Å². The van der Waals surface area contributed by atoms with E-state index in [0.717, 1.165) is 35.5 Å². The van der Waals surface area contributed by atoms with Crippen molar-refractivity contribution in [1.29, 1.82) is 0 Å². The Morgan fingerprint density at radius 3 is 1.53 bits per heavy atom. The predicted molar refractivity (Wildman–Crippen MR) is 70.7 cm³/mol. The van der Waals surface area contributed by atoms with Crippen LogP contribution in [-0.4, -0.2) is 13.1 Å². The Morgan fingerprint density at radius 1 is 0.647 bits per heavy atom. The van der Waals surface area contributed by atoms with Crippen molar-refractivity contribution in [2.24, 2.45) is 35.5 Å². The summed E-state index contributed by atoms with van der Waals surface area (Å²) in [5, 5.41) is 3.84. The third-order valence-electron chi connectivity index (χ3n) is 6.58. The molecule has 4 saturated carbocycles. The van der Waals surface area contributed by atoms with Gasteiger partial charge in [-0.1, -0.05) is 12.8 Å². The standard InChI is InChI=1S/C16H27N/c1-3-13-5-11(1)7-15(13)9-17-10-16-8-12-2-4-14(16)6-12/h11-17H,1-10H2/t11-,12+,13-,14+,15+,16-. The van der Waals surface area contributed by atoms with Gasteiger partial charge in [0.1, 0.15) is 0 Å². The van der Waals surface area contributed by atoms with Crippen molar-refractivity contribution in [1.82, 2.24) is 5.32 Å². The third-order valence-corrected chi connectivity index (χ3v) is 6.58. The van der Waals surface area contributed by atoms with Crippen molar-refractivity contribution in [3.63, 3.8) is 0 Å². The third kappa shape index (κ3) is 1.95. The summed E-state index contributed by atoms with van der Waals surface area (Å²) in [5.74, 6) is 6.54. The SMILES string of the molecule is C1C[C@@H]2C[C@@H]1C[C@H]2CNC[C@H]1C[C@H]2CC[C@H]1C2. The zero-order chi connectivity index (χ0) is 11.2. The van der Waals surface area contributed by atoms with Crippen molar-refractivity contribution in [2.45, 2.75) is 51.4 Å². The van der Waals surface area contributed by atoms with Crippen molar-refractivity contribution in [2.75, 3.05) is 13.1 Å². The highest BCUT2D eigenvalue weighted by Crippen LogP contribution is 2.49. The highest BCUT2D eigenvalue weighted by Gasteiger charge is 2.41. The largest absolute Gasteiger partial charge is 0.316 e. The van der Waals surface area contributed by atoms with Crippen LogP contribution in [0.1, 0.15) is 51.4 Å². The van der Waals surface area contributed by atoms with Gasteiger partial charge in [-0.15, -0.1) is 0 Å². The lowest BCUT2D eigenvalue weighted by atomic mass is 9.87. The fourth-order valence-corrected chi connectivity index (χ4v) is 5.71. The second-order valence-corrected chi connectivity index (χ2v) is 7.53. The highest BCUT2D eigenvalue weighted by atomic mass is 14.9. The molecule has 4 rings (SSSR count). The summed E-state index contributed by atoms with van der Waals surface area (Å²) >= 11 is 0. The lowest BCUT2D eigenvalue weighted by molar-refractivity contribution is 0.282. The van der Waals surface area contributed by atoms with Crippen molar-refractivity contribution < 1.29 is 0 Å². The maximum Gasteiger partial charge on any atom is -0.00176 e. The Bertz CT molecular complexity index is 259. The molecule has 0 heterocycles. The lowest BCUT2D eigenvalue weighted by Gasteiger charge is -2.25. The predicted octanol–water partition coefficient (Wildman–Crippen LogP) is 3.45. The summed E-state index contributed by atoms with van der Waals surface area (Å²) in [5.41, 5.74) is 0. The molecule has 0 spiro atoms. The molecule has 0 radical (unpaired) electrons. The molecule has 0 unspecified atom stereocenters. The van der Waals surface area contributed by atoms with E-state index in [-0.39, 0.29) is 0 Å². The summed E-state index contributed by atoms with van der Waals surface area (Å²) in [4.78, 5) is 0. The quantitative estimate of drug-likeness (QED) is 0.784. The molecule has 17 heavy (non-hydrogen) atoms. The van der Waals surface area contributed by atoms with Crippen LogP contribution in [0.25, 0.3) is 0 Å². The van der Waals surface area contributed by atoms with E-state index < -0.39 is 0 Å². The van der Waals surface area contributed by atoms with Crippen LogP contribution in [0.5, 0.6) is 0 Å². The number of nitrogens with one attached hydrogen (secondary N) is 1. The Hall–Kier alpha value is -0.0400. The number of hydrogen-bond donors (Lipinski definition) is 1. The molecule has 0 saturated heterocycles. The minimum atomic E-state index is 1.05. The first-order valence-electron chi connectivity index (χ1n) is 8.09. The Morgan fingerprint density at radius 2 is 1.18 bits per heavy atom. The first-order chi connectivity index (χ1) is 8.38. The summed E-state index contributed by atoms with van der Waals surface area (Å²) in [6.07, 6.45) is 12.4.